The van der Waals surface area contributed by atoms with Crippen LogP contribution in [0.3, 0.4) is 0 Å². The van der Waals surface area contributed by atoms with E-state index in [9.17, 15) is 4.79 Å². The minimum atomic E-state index is -0.201. The van der Waals surface area contributed by atoms with Gasteiger partial charge in [-0.05, 0) is 36.2 Å². The predicted molar refractivity (Wildman–Crippen MR) is 72.2 cm³/mol. The molecular formula is C15H17NO3. The number of methoxy groups -OCH3 is 1. The maximum absolute atomic E-state index is 11.9. The average molecular weight is 259 g/mol. The van der Waals surface area contributed by atoms with Crippen LogP contribution in [-0.2, 0) is 0 Å². The molecule has 0 fully saturated rings. The van der Waals surface area contributed by atoms with Crippen molar-refractivity contribution >= 4 is 5.91 Å². The number of carbonyl (C=O) groups excluding carboxylic acids is 1. The molecule has 4 nitrogen and oxygen atoms in total. The Morgan fingerprint density at radius 2 is 2.05 bits per heavy atom. The van der Waals surface area contributed by atoms with E-state index in [0.717, 1.165) is 17.7 Å². The molecule has 0 saturated carbocycles. The maximum Gasteiger partial charge on any atom is 0.287 e. The molecule has 0 aliphatic heterocycles. The minimum absolute atomic E-state index is 0.0384. The highest BCUT2D eigenvalue weighted by Crippen LogP contribution is 2.20. The summed E-state index contributed by atoms with van der Waals surface area (Å²) in [6.45, 7) is 2.03. The highest BCUT2D eigenvalue weighted by Gasteiger charge is 2.15. The molecule has 2 rings (SSSR count). The number of hydrogen-bond donors (Lipinski definition) is 1. The normalized spacial score (nSPS) is 11.9. The largest absolute Gasteiger partial charge is 0.497 e. The lowest BCUT2D eigenvalue weighted by molar-refractivity contribution is 0.0907. The van der Waals surface area contributed by atoms with Crippen molar-refractivity contribution in [2.75, 3.05) is 7.11 Å². The van der Waals surface area contributed by atoms with Gasteiger partial charge in [0.15, 0.2) is 5.76 Å². The Labute approximate surface area is 112 Å². The summed E-state index contributed by atoms with van der Waals surface area (Å²) in [4.78, 5) is 11.9. The van der Waals surface area contributed by atoms with Crippen LogP contribution in [0.5, 0.6) is 5.75 Å². The molecule has 1 heterocycles. The van der Waals surface area contributed by atoms with Crippen LogP contribution in [0.25, 0.3) is 0 Å². The lowest BCUT2D eigenvalue weighted by atomic mass is 10.0. The molecule has 0 aliphatic carbocycles. The molecule has 0 spiro atoms. The predicted octanol–water partition coefficient (Wildman–Crippen LogP) is 3.17. The third-order valence-electron chi connectivity index (χ3n) is 2.98. The van der Waals surface area contributed by atoms with Gasteiger partial charge in [-0.2, -0.15) is 0 Å². The van der Waals surface area contributed by atoms with E-state index in [1.54, 1.807) is 19.2 Å². The zero-order chi connectivity index (χ0) is 13.7. The molecule has 0 aliphatic rings. The van der Waals surface area contributed by atoms with Crippen LogP contribution in [0.1, 0.15) is 35.5 Å². The average Bonchev–Trinajstić information content (AvgIpc) is 2.99. The molecule has 2 aromatic rings. The zero-order valence-electron chi connectivity index (χ0n) is 11.1. The molecular weight excluding hydrogens is 242 g/mol. The number of furan rings is 1. The minimum Gasteiger partial charge on any atom is -0.497 e. The standard InChI is InChI=1S/C15H17NO3/c1-3-13(11-6-8-12(18-2)9-7-11)16-15(17)14-5-4-10-19-14/h4-10,13H,3H2,1-2H3,(H,16,17). The Balaban J connectivity index is 2.09. The fraction of sp³-hybridized carbons (Fsp3) is 0.267. The highest BCUT2D eigenvalue weighted by molar-refractivity contribution is 5.91. The van der Waals surface area contributed by atoms with Crippen molar-refractivity contribution in [2.45, 2.75) is 19.4 Å². The molecule has 4 heteroatoms. The van der Waals surface area contributed by atoms with Gasteiger partial charge in [0.2, 0.25) is 0 Å². The van der Waals surface area contributed by atoms with Gasteiger partial charge in [0.1, 0.15) is 5.75 Å². The third-order valence-corrected chi connectivity index (χ3v) is 2.98. The summed E-state index contributed by atoms with van der Waals surface area (Å²) < 4.78 is 10.2. The molecule has 19 heavy (non-hydrogen) atoms. The molecule has 1 unspecified atom stereocenters. The molecule has 0 saturated heterocycles. The summed E-state index contributed by atoms with van der Waals surface area (Å²) in [7, 11) is 1.63. The summed E-state index contributed by atoms with van der Waals surface area (Å²) in [6.07, 6.45) is 2.29. The van der Waals surface area contributed by atoms with Gasteiger partial charge >= 0.3 is 0 Å². The number of nitrogens with one attached hydrogen (secondary N) is 1. The monoisotopic (exact) mass is 259 g/mol. The summed E-state index contributed by atoms with van der Waals surface area (Å²) in [5.41, 5.74) is 1.04. The van der Waals surface area contributed by atoms with Crippen molar-refractivity contribution in [2.24, 2.45) is 0 Å². The first-order valence-corrected chi connectivity index (χ1v) is 6.23. The van der Waals surface area contributed by atoms with E-state index >= 15 is 0 Å². The highest BCUT2D eigenvalue weighted by atomic mass is 16.5. The van der Waals surface area contributed by atoms with E-state index in [1.165, 1.54) is 6.26 Å². The van der Waals surface area contributed by atoms with E-state index in [1.807, 2.05) is 31.2 Å². The van der Waals surface area contributed by atoms with Gasteiger partial charge < -0.3 is 14.5 Å². The van der Waals surface area contributed by atoms with Crippen molar-refractivity contribution in [1.82, 2.24) is 5.32 Å². The van der Waals surface area contributed by atoms with E-state index in [-0.39, 0.29) is 11.9 Å². The Kier molecular flexibility index (Phi) is 4.23. The van der Waals surface area contributed by atoms with Gasteiger partial charge in [-0.3, -0.25) is 4.79 Å². The van der Waals surface area contributed by atoms with Crippen LogP contribution in [0.2, 0.25) is 0 Å². The van der Waals surface area contributed by atoms with Crippen LogP contribution in [0.15, 0.2) is 47.1 Å². The third kappa shape index (κ3) is 3.16. The summed E-state index contributed by atoms with van der Waals surface area (Å²) >= 11 is 0. The summed E-state index contributed by atoms with van der Waals surface area (Å²) in [5.74, 6) is 0.926. The van der Waals surface area contributed by atoms with Crippen LogP contribution < -0.4 is 10.1 Å². The molecule has 1 N–H and O–H groups in total. The Morgan fingerprint density at radius 1 is 1.32 bits per heavy atom. The van der Waals surface area contributed by atoms with Gasteiger partial charge in [-0.1, -0.05) is 19.1 Å². The smallest absolute Gasteiger partial charge is 0.287 e. The van der Waals surface area contributed by atoms with Crippen LogP contribution >= 0.6 is 0 Å². The number of hydrogen-bond acceptors (Lipinski definition) is 3. The first kappa shape index (κ1) is 13.2. The fourth-order valence-corrected chi connectivity index (χ4v) is 1.89. The second kappa shape index (κ2) is 6.09. The molecule has 0 bridgehead atoms. The van der Waals surface area contributed by atoms with Gasteiger partial charge in [0.05, 0.1) is 19.4 Å². The van der Waals surface area contributed by atoms with Gasteiger partial charge in [-0.15, -0.1) is 0 Å². The first-order valence-electron chi connectivity index (χ1n) is 6.23. The molecule has 0 radical (unpaired) electrons. The lowest BCUT2D eigenvalue weighted by Gasteiger charge is -2.17. The summed E-state index contributed by atoms with van der Waals surface area (Å²) in [6, 6.07) is 11.0. The molecule has 1 amide bonds. The second-order valence-electron chi connectivity index (χ2n) is 4.18. The number of rotatable bonds is 5. The Hall–Kier alpha value is -2.23. The zero-order valence-corrected chi connectivity index (χ0v) is 11.1. The topological polar surface area (TPSA) is 51.5 Å². The number of carbonyl (C=O) groups is 1. The maximum atomic E-state index is 11.9. The van der Waals surface area contributed by atoms with Crippen molar-refractivity contribution in [3.05, 3.63) is 54.0 Å². The molecule has 1 atom stereocenters. The van der Waals surface area contributed by atoms with Crippen molar-refractivity contribution in [3.63, 3.8) is 0 Å². The van der Waals surface area contributed by atoms with Gasteiger partial charge in [0.25, 0.3) is 5.91 Å². The van der Waals surface area contributed by atoms with E-state index < -0.39 is 0 Å². The van der Waals surface area contributed by atoms with E-state index in [0.29, 0.717) is 5.76 Å². The Bertz CT molecular complexity index is 517. The van der Waals surface area contributed by atoms with Gasteiger partial charge in [-0.25, -0.2) is 0 Å². The van der Waals surface area contributed by atoms with Crippen molar-refractivity contribution in [1.29, 1.82) is 0 Å². The first-order chi connectivity index (χ1) is 9.24. The van der Waals surface area contributed by atoms with Crippen LogP contribution in [-0.4, -0.2) is 13.0 Å². The Morgan fingerprint density at radius 3 is 2.58 bits per heavy atom. The number of benzene rings is 1. The second-order valence-corrected chi connectivity index (χ2v) is 4.18. The lowest BCUT2D eigenvalue weighted by Crippen LogP contribution is -2.27. The van der Waals surface area contributed by atoms with Crippen LogP contribution in [0, 0.1) is 0 Å². The van der Waals surface area contributed by atoms with Crippen molar-refractivity contribution in [3.8, 4) is 5.75 Å². The summed E-state index contributed by atoms with van der Waals surface area (Å²) in [5, 5.41) is 2.95. The van der Waals surface area contributed by atoms with Crippen molar-refractivity contribution < 1.29 is 13.9 Å². The van der Waals surface area contributed by atoms with E-state index in [2.05, 4.69) is 5.32 Å². The molecule has 100 valence electrons. The van der Waals surface area contributed by atoms with E-state index in [4.69, 9.17) is 9.15 Å². The molecule has 1 aromatic carbocycles. The molecule has 1 aromatic heterocycles. The fourth-order valence-electron chi connectivity index (χ4n) is 1.89. The quantitative estimate of drug-likeness (QED) is 0.897. The SMILES string of the molecule is CCC(NC(=O)c1ccco1)c1ccc(OC)cc1. The number of ether oxygens (including phenoxy) is 1. The van der Waals surface area contributed by atoms with Gasteiger partial charge in [0, 0.05) is 0 Å². The van der Waals surface area contributed by atoms with Crippen LogP contribution in [0.4, 0.5) is 0 Å². The number of amides is 1.